The van der Waals surface area contributed by atoms with E-state index in [1.807, 2.05) is 54.3 Å². The summed E-state index contributed by atoms with van der Waals surface area (Å²) in [6.45, 7) is 5.53. The summed E-state index contributed by atoms with van der Waals surface area (Å²) >= 11 is 1.64. The third-order valence-corrected chi connectivity index (χ3v) is 6.73. The van der Waals surface area contributed by atoms with Crippen molar-refractivity contribution in [3.63, 3.8) is 0 Å². The molecule has 8 heteroatoms. The zero-order valence-electron chi connectivity index (χ0n) is 18.9. The quantitative estimate of drug-likeness (QED) is 0.581. The van der Waals surface area contributed by atoms with Crippen LogP contribution < -0.4 is 10.1 Å². The lowest BCUT2D eigenvalue weighted by molar-refractivity contribution is -0.131. The average Bonchev–Trinajstić information content (AvgIpc) is 3.31. The highest BCUT2D eigenvalue weighted by Gasteiger charge is 2.22. The molecule has 4 rings (SSSR count). The van der Waals surface area contributed by atoms with Gasteiger partial charge in [0.15, 0.2) is 0 Å². The van der Waals surface area contributed by atoms with E-state index in [0.717, 1.165) is 47.2 Å². The molecule has 33 heavy (non-hydrogen) atoms. The van der Waals surface area contributed by atoms with Gasteiger partial charge in [-0.15, -0.1) is 11.3 Å². The normalized spacial score (nSPS) is 14.2. The minimum Gasteiger partial charge on any atom is -0.497 e. The van der Waals surface area contributed by atoms with Gasteiger partial charge in [-0.1, -0.05) is 18.2 Å². The summed E-state index contributed by atoms with van der Waals surface area (Å²) in [5, 5.41) is 5.84. The summed E-state index contributed by atoms with van der Waals surface area (Å²) in [6, 6.07) is 15.3. The minimum absolute atomic E-state index is 0.0183. The zero-order valence-corrected chi connectivity index (χ0v) is 19.7. The molecular formula is C25H28N4O3S. The molecule has 2 heterocycles. The molecule has 1 aromatic heterocycles. The predicted octanol–water partition coefficient (Wildman–Crippen LogP) is 3.20. The van der Waals surface area contributed by atoms with Gasteiger partial charge in [-0.2, -0.15) is 0 Å². The second-order valence-corrected chi connectivity index (χ2v) is 8.89. The van der Waals surface area contributed by atoms with Gasteiger partial charge in [-0.3, -0.25) is 14.5 Å². The number of carbonyl (C=O) groups is 2. The van der Waals surface area contributed by atoms with Crippen LogP contribution in [0.3, 0.4) is 0 Å². The minimum atomic E-state index is -0.212. The van der Waals surface area contributed by atoms with E-state index in [1.54, 1.807) is 24.5 Å². The number of nitrogens with one attached hydrogen (secondary N) is 1. The van der Waals surface area contributed by atoms with Crippen LogP contribution in [-0.4, -0.2) is 66.4 Å². The number of rotatable bonds is 7. The standard InChI is InChI=1S/C25H28N4O3S/c1-18-5-3-4-6-22(18)24(31)26-15-23(30)29-13-11-28(12-14-29)16-20-17-33-25(27-20)19-7-9-21(32-2)10-8-19/h3-10,17H,11-16H2,1-2H3,(H,26,31). The van der Waals surface area contributed by atoms with Gasteiger partial charge in [0, 0.05) is 49.2 Å². The van der Waals surface area contributed by atoms with Crippen molar-refractivity contribution in [1.29, 1.82) is 0 Å². The van der Waals surface area contributed by atoms with Gasteiger partial charge in [0.2, 0.25) is 5.91 Å². The van der Waals surface area contributed by atoms with Gasteiger partial charge in [-0.25, -0.2) is 4.98 Å². The molecule has 172 valence electrons. The Morgan fingerprint density at radius 2 is 1.79 bits per heavy atom. The van der Waals surface area contributed by atoms with Crippen LogP contribution >= 0.6 is 11.3 Å². The van der Waals surface area contributed by atoms with Gasteiger partial charge in [0.1, 0.15) is 10.8 Å². The van der Waals surface area contributed by atoms with Crippen LogP contribution in [0.5, 0.6) is 5.75 Å². The molecule has 0 spiro atoms. The van der Waals surface area contributed by atoms with E-state index in [4.69, 9.17) is 9.72 Å². The third kappa shape index (κ3) is 5.77. The Kier molecular flexibility index (Phi) is 7.36. The molecule has 0 bridgehead atoms. The molecular weight excluding hydrogens is 436 g/mol. The van der Waals surface area contributed by atoms with E-state index in [-0.39, 0.29) is 18.4 Å². The molecule has 0 saturated carbocycles. The van der Waals surface area contributed by atoms with Gasteiger partial charge < -0.3 is 15.0 Å². The lowest BCUT2D eigenvalue weighted by atomic mass is 10.1. The van der Waals surface area contributed by atoms with Crippen LogP contribution in [0.1, 0.15) is 21.6 Å². The molecule has 2 amide bonds. The molecule has 1 N–H and O–H groups in total. The smallest absolute Gasteiger partial charge is 0.251 e. The zero-order chi connectivity index (χ0) is 23.2. The first-order chi connectivity index (χ1) is 16.0. The highest BCUT2D eigenvalue weighted by Crippen LogP contribution is 2.26. The first-order valence-electron chi connectivity index (χ1n) is 11.0. The van der Waals surface area contributed by atoms with Crippen molar-refractivity contribution in [2.24, 2.45) is 0 Å². The fourth-order valence-corrected chi connectivity index (χ4v) is 4.64. The van der Waals surface area contributed by atoms with Gasteiger partial charge in [0.25, 0.3) is 5.91 Å². The number of benzene rings is 2. The largest absolute Gasteiger partial charge is 0.497 e. The molecule has 3 aromatic rings. The van der Waals surface area contributed by atoms with Crippen molar-refractivity contribution in [3.05, 3.63) is 70.7 Å². The van der Waals surface area contributed by atoms with Crippen molar-refractivity contribution in [2.45, 2.75) is 13.5 Å². The summed E-state index contributed by atoms with van der Waals surface area (Å²) < 4.78 is 5.22. The predicted molar refractivity (Wildman–Crippen MR) is 129 cm³/mol. The van der Waals surface area contributed by atoms with Crippen LogP contribution in [0, 0.1) is 6.92 Å². The second kappa shape index (κ2) is 10.6. The van der Waals surface area contributed by atoms with E-state index >= 15 is 0 Å². The maximum atomic E-state index is 12.6. The number of aromatic nitrogens is 1. The molecule has 2 aromatic carbocycles. The SMILES string of the molecule is COc1ccc(-c2nc(CN3CCN(C(=O)CNC(=O)c4ccccc4C)CC3)cs2)cc1. The lowest BCUT2D eigenvalue weighted by Crippen LogP contribution is -2.50. The van der Waals surface area contributed by atoms with Crippen molar-refractivity contribution >= 4 is 23.2 Å². The average molecular weight is 465 g/mol. The number of hydrogen-bond donors (Lipinski definition) is 1. The van der Waals surface area contributed by atoms with Crippen molar-refractivity contribution in [1.82, 2.24) is 20.1 Å². The Morgan fingerprint density at radius 1 is 1.06 bits per heavy atom. The monoisotopic (exact) mass is 464 g/mol. The number of hydrogen-bond acceptors (Lipinski definition) is 6. The van der Waals surface area contributed by atoms with Crippen molar-refractivity contribution < 1.29 is 14.3 Å². The number of aryl methyl sites for hydroxylation is 1. The molecule has 1 aliphatic rings. The lowest BCUT2D eigenvalue weighted by Gasteiger charge is -2.34. The van der Waals surface area contributed by atoms with Gasteiger partial charge in [-0.05, 0) is 42.8 Å². The number of nitrogens with zero attached hydrogens (tertiary/aromatic N) is 3. The summed E-state index contributed by atoms with van der Waals surface area (Å²) in [5.41, 5.74) is 3.62. The van der Waals surface area contributed by atoms with Crippen LogP contribution in [0.2, 0.25) is 0 Å². The molecule has 0 aliphatic carbocycles. The summed E-state index contributed by atoms with van der Waals surface area (Å²) in [7, 11) is 1.66. The third-order valence-electron chi connectivity index (χ3n) is 5.79. The number of carbonyl (C=O) groups excluding carboxylic acids is 2. The molecule has 1 saturated heterocycles. The first kappa shape index (κ1) is 22.9. The van der Waals surface area contributed by atoms with Crippen LogP contribution in [0.4, 0.5) is 0 Å². The Bertz CT molecular complexity index is 1100. The van der Waals surface area contributed by atoms with Crippen molar-refractivity contribution in [3.8, 4) is 16.3 Å². The van der Waals surface area contributed by atoms with E-state index in [0.29, 0.717) is 18.7 Å². The summed E-state index contributed by atoms with van der Waals surface area (Å²) in [5.74, 6) is 0.570. The Balaban J connectivity index is 1.23. The highest BCUT2D eigenvalue weighted by atomic mass is 32.1. The molecule has 0 unspecified atom stereocenters. The number of methoxy groups -OCH3 is 1. The molecule has 0 atom stereocenters. The Labute approximate surface area is 198 Å². The molecule has 1 aliphatic heterocycles. The van der Waals surface area contributed by atoms with Crippen LogP contribution in [-0.2, 0) is 11.3 Å². The fraction of sp³-hybridized carbons (Fsp3) is 0.320. The van der Waals surface area contributed by atoms with Crippen LogP contribution in [0.15, 0.2) is 53.9 Å². The number of ether oxygens (including phenoxy) is 1. The molecule has 0 radical (unpaired) electrons. The fourth-order valence-electron chi connectivity index (χ4n) is 3.82. The number of piperazine rings is 1. The van der Waals surface area contributed by atoms with Crippen LogP contribution in [0.25, 0.3) is 10.6 Å². The highest BCUT2D eigenvalue weighted by molar-refractivity contribution is 7.13. The second-order valence-electron chi connectivity index (χ2n) is 8.03. The van der Waals surface area contributed by atoms with E-state index < -0.39 is 0 Å². The summed E-state index contributed by atoms with van der Waals surface area (Å²) in [4.78, 5) is 33.8. The molecule has 7 nitrogen and oxygen atoms in total. The van der Waals surface area contributed by atoms with E-state index in [1.165, 1.54) is 0 Å². The van der Waals surface area contributed by atoms with Crippen molar-refractivity contribution in [2.75, 3.05) is 39.8 Å². The van der Waals surface area contributed by atoms with E-state index in [2.05, 4.69) is 15.6 Å². The van der Waals surface area contributed by atoms with E-state index in [9.17, 15) is 9.59 Å². The maximum absolute atomic E-state index is 12.6. The molecule has 1 fully saturated rings. The maximum Gasteiger partial charge on any atom is 0.251 e. The first-order valence-corrected chi connectivity index (χ1v) is 11.8. The number of thiazole rings is 1. The topological polar surface area (TPSA) is 74.8 Å². The summed E-state index contributed by atoms with van der Waals surface area (Å²) in [6.07, 6.45) is 0. The Hall–Kier alpha value is -3.23. The van der Waals surface area contributed by atoms with Gasteiger partial charge >= 0.3 is 0 Å². The number of amides is 2. The van der Waals surface area contributed by atoms with Gasteiger partial charge in [0.05, 0.1) is 19.3 Å². The Morgan fingerprint density at radius 3 is 2.48 bits per heavy atom.